The third-order valence-electron chi connectivity index (χ3n) is 4.79. The van der Waals surface area contributed by atoms with Crippen LogP contribution in [0.15, 0.2) is 12.1 Å². The molecule has 1 aliphatic rings. The number of ether oxygens (including phenoxy) is 1. The number of fused-ring (bicyclic) bond motifs is 1. The molecule has 0 amide bonds. The van der Waals surface area contributed by atoms with Crippen LogP contribution in [0.2, 0.25) is 0 Å². The largest absolute Gasteiger partial charge is 0.496 e. The minimum Gasteiger partial charge on any atom is -0.496 e. The summed E-state index contributed by atoms with van der Waals surface area (Å²) in [5.74, 6) is 0.858. The smallest absolute Gasteiger partial charge is 0.306 e. The normalized spacial score (nSPS) is 16.9. The molecule has 128 valence electrons. The van der Waals surface area contributed by atoms with E-state index in [9.17, 15) is 4.79 Å². The molecule has 1 atom stereocenters. The Balaban J connectivity index is 2.71. The molecule has 1 aliphatic carbocycles. The van der Waals surface area contributed by atoms with Crippen molar-refractivity contribution in [3.63, 3.8) is 0 Å². The topological polar surface area (TPSA) is 30.7 Å². The van der Waals surface area contributed by atoms with Crippen LogP contribution in [-0.2, 0) is 10.2 Å². The fourth-order valence-electron chi connectivity index (χ4n) is 3.78. The van der Waals surface area contributed by atoms with Gasteiger partial charge in [0, 0.05) is 16.4 Å². The highest BCUT2D eigenvalue weighted by Crippen LogP contribution is 2.48. The molecule has 0 radical (unpaired) electrons. The molecule has 3 heteroatoms. The van der Waals surface area contributed by atoms with Crippen molar-refractivity contribution in [3.05, 3.63) is 45.8 Å². The number of hydrogen-bond donors (Lipinski definition) is 0. The predicted molar refractivity (Wildman–Crippen MR) is 98.3 cm³/mol. The van der Waals surface area contributed by atoms with Crippen molar-refractivity contribution in [2.75, 3.05) is 7.11 Å². The number of aryl methyl sites for hydroxylation is 1. The molecule has 0 bridgehead atoms. The molecule has 24 heavy (non-hydrogen) atoms. The number of Topliss-reactive ketones (excluding diaryl/α,β-unsaturated/α-hetero) is 1. The van der Waals surface area contributed by atoms with E-state index in [2.05, 4.69) is 37.8 Å². The number of allylic oxidation sites excluding steroid dienone is 1. The van der Waals surface area contributed by atoms with E-state index < -0.39 is 11.5 Å². The molecule has 1 aromatic carbocycles. The molecular weight excluding hydrogens is 298 g/mol. The molecule has 0 spiro atoms. The minimum atomic E-state index is -0.752. The first-order chi connectivity index (χ1) is 11.0. The summed E-state index contributed by atoms with van der Waals surface area (Å²) < 4.78 is 5.57. The average Bonchev–Trinajstić information content (AvgIpc) is 2.70. The van der Waals surface area contributed by atoms with Gasteiger partial charge in [-0.05, 0) is 42.2 Å². The number of ketones is 1. The molecule has 3 nitrogen and oxygen atoms in total. The molecule has 0 saturated carbocycles. The second-order valence-electron chi connectivity index (χ2n) is 8.24. The molecule has 0 saturated heterocycles. The Morgan fingerprint density at radius 1 is 1.29 bits per heavy atom. The van der Waals surface area contributed by atoms with Gasteiger partial charge in [-0.3, -0.25) is 9.64 Å². The Hall–Kier alpha value is -2.08. The first kappa shape index (κ1) is 18.3. The highest BCUT2D eigenvalue weighted by atomic mass is 16.5. The van der Waals surface area contributed by atoms with Crippen molar-refractivity contribution in [2.24, 2.45) is 5.41 Å². The van der Waals surface area contributed by atoms with Crippen LogP contribution >= 0.6 is 0 Å². The number of carbonyl (C=O) groups is 1. The van der Waals surface area contributed by atoms with Crippen LogP contribution in [0.1, 0.15) is 56.9 Å². The van der Waals surface area contributed by atoms with Crippen molar-refractivity contribution in [2.45, 2.75) is 59.9 Å². The number of hydrogen-bond acceptors (Lipinski definition) is 2. The fourth-order valence-corrected chi connectivity index (χ4v) is 3.78. The average molecular weight is 325 g/mol. The van der Waals surface area contributed by atoms with Crippen molar-refractivity contribution >= 4 is 11.4 Å². The zero-order valence-corrected chi connectivity index (χ0v) is 16.0. The molecule has 0 aromatic heterocycles. The molecule has 1 aromatic rings. The Kier molecular flexibility index (Phi) is 4.39. The Morgan fingerprint density at radius 3 is 2.33 bits per heavy atom. The van der Waals surface area contributed by atoms with E-state index in [0.717, 1.165) is 33.6 Å². The summed E-state index contributed by atoms with van der Waals surface area (Å²) in [6.07, 6.45) is 2.09. The third kappa shape index (κ3) is 2.75. The van der Waals surface area contributed by atoms with Crippen LogP contribution in [0.25, 0.3) is 10.4 Å². The van der Waals surface area contributed by atoms with E-state index in [0.29, 0.717) is 0 Å². The number of rotatable bonds is 3. The number of methoxy groups -OCH3 is 1. The number of carbonyl (C=O) groups excluding carboxylic acids is 1. The molecular formula is C21H27NO2. The highest BCUT2D eigenvalue weighted by Gasteiger charge is 2.43. The van der Waals surface area contributed by atoms with E-state index >= 15 is 0 Å². The maximum absolute atomic E-state index is 12.8. The third-order valence-corrected chi connectivity index (χ3v) is 4.79. The molecule has 1 unspecified atom stereocenters. The van der Waals surface area contributed by atoms with Gasteiger partial charge in [0.15, 0.2) is 0 Å². The molecule has 0 heterocycles. The van der Waals surface area contributed by atoms with Gasteiger partial charge in [-0.25, -0.2) is 6.57 Å². The van der Waals surface area contributed by atoms with Gasteiger partial charge in [0.2, 0.25) is 5.78 Å². The lowest BCUT2D eigenvalue weighted by Gasteiger charge is -2.23. The summed E-state index contributed by atoms with van der Waals surface area (Å²) in [6.45, 7) is 21.6. The summed E-state index contributed by atoms with van der Waals surface area (Å²) in [5, 5.41) is 0. The van der Waals surface area contributed by atoms with E-state index in [4.69, 9.17) is 11.3 Å². The van der Waals surface area contributed by atoms with Gasteiger partial charge in [-0.2, -0.15) is 0 Å². The summed E-state index contributed by atoms with van der Waals surface area (Å²) in [4.78, 5) is 16.5. The van der Waals surface area contributed by atoms with E-state index in [1.165, 1.54) is 0 Å². The van der Waals surface area contributed by atoms with Gasteiger partial charge in [0.05, 0.1) is 7.11 Å². The van der Waals surface area contributed by atoms with Gasteiger partial charge in [0.1, 0.15) is 5.75 Å². The monoisotopic (exact) mass is 325 g/mol. The standard InChI is InChI=1S/C21H27NO2/c1-12-10-14-15(17(22-8)19(23)20(3,4)5)11-21(6,7)16(14)13(2)18(12)24-9/h10-11,17H,1-7,9H3. The second-order valence-corrected chi connectivity index (χ2v) is 8.24. The van der Waals surface area contributed by atoms with Crippen molar-refractivity contribution in [1.82, 2.24) is 0 Å². The number of nitrogens with zero attached hydrogens (tertiary/aromatic N) is 1. The fraction of sp³-hybridized carbons (Fsp3) is 0.524. The van der Waals surface area contributed by atoms with Crippen LogP contribution in [0, 0.1) is 25.8 Å². The van der Waals surface area contributed by atoms with Crippen molar-refractivity contribution < 1.29 is 9.53 Å². The van der Waals surface area contributed by atoms with Gasteiger partial charge >= 0.3 is 6.04 Å². The second kappa shape index (κ2) is 5.77. The maximum Gasteiger partial charge on any atom is 0.306 e. The molecule has 2 rings (SSSR count). The van der Waals surface area contributed by atoms with Gasteiger partial charge in [-0.15, -0.1) is 0 Å². The summed E-state index contributed by atoms with van der Waals surface area (Å²) >= 11 is 0. The SMILES string of the molecule is [C-]#[N+]C(C(=O)C(C)(C)C)C1=CC(C)(C)c2c1cc(C)c(OC)c2C. The molecule has 0 N–H and O–H groups in total. The van der Waals surface area contributed by atoms with Gasteiger partial charge in [-0.1, -0.05) is 40.7 Å². The van der Waals surface area contributed by atoms with E-state index in [-0.39, 0.29) is 11.2 Å². The maximum atomic E-state index is 12.8. The predicted octanol–water partition coefficient (Wildman–Crippen LogP) is 4.89. The van der Waals surface area contributed by atoms with Gasteiger partial charge in [0.25, 0.3) is 0 Å². The lowest BCUT2D eigenvalue weighted by atomic mass is 9.81. The van der Waals surface area contributed by atoms with Crippen LogP contribution < -0.4 is 4.74 Å². The summed E-state index contributed by atoms with van der Waals surface area (Å²) in [7, 11) is 1.68. The lowest BCUT2D eigenvalue weighted by molar-refractivity contribution is -0.125. The van der Waals surface area contributed by atoms with Crippen LogP contribution in [0.3, 0.4) is 0 Å². The summed E-state index contributed by atoms with van der Waals surface area (Å²) in [5.41, 5.74) is 4.39. The van der Waals surface area contributed by atoms with E-state index in [1.807, 2.05) is 27.7 Å². The Morgan fingerprint density at radius 2 is 1.88 bits per heavy atom. The van der Waals surface area contributed by atoms with Crippen LogP contribution in [0.5, 0.6) is 5.75 Å². The molecule has 0 fully saturated rings. The minimum absolute atomic E-state index is 0.0291. The Labute approximate surface area is 145 Å². The first-order valence-corrected chi connectivity index (χ1v) is 8.28. The summed E-state index contributed by atoms with van der Waals surface area (Å²) in [6, 6.07) is 1.31. The molecule has 0 aliphatic heterocycles. The first-order valence-electron chi connectivity index (χ1n) is 8.28. The van der Waals surface area contributed by atoms with Gasteiger partial charge < -0.3 is 4.74 Å². The quantitative estimate of drug-likeness (QED) is 0.741. The van der Waals surface area contributed by atoms with Crippen molar-refractivity contribution in [1.29, 1.82) is 0 Å². The highest BCUT2D eigenvalue weighted by molar-refractivity contribution is 6.03. The zero-order valence-electron chi connectivity index (χ0n) is 16.0. The number of benzene rings is 1. The lowest BCUT2D eigenvalue weighted by Crippen LogP contribution is -2.31. The zero-order chi connectivity index (χ0) is 18.4. The van der Waals surface area contributed by atoms with Crippen LogP contribution in [0.4, 0.5) is 0 Å². The van der Waals surface area contributed by atoms with Crippen LogP contribution in [-0.4, -0.2) is 18.9 Å². The van der Waals surface area contributed by atoms with E-state index in [1.54, 1.807) is 7.11 Å². The van der Waals surface area contributed by atoms with Crippen molar-refractivity contribution in [3.8, 4) is 5.75 Å². The Bertz CT molecular complexity index is 770.